The Morgan fingerprint density at radius 3 is 1.29 bits per heavy atom. The molecule has 28 heavy (non-hydrogen) atoms. The summed E-state index contributed by atoms with van der Waals surface area (Å²) in [5, 5.41) is 0. The highest BCUT2D eigenvalue weighted by atomic mass is 32.2. The highest BCUT2D eigenvalue weighted by Gasteiger charge is 2.05. The maximum Gasteiger partial charge on any atom is 0.152 e. The van der Waals surface area contributed by atoms with Crippen LogP contribution in [-0.2, 0) is 29.1 Å². The SMILES string of the molecule is CC(C)Cc1ccc(CSCC(=O)CSCc2ccc(CC(C)C)cc2)cc1. The standard InChI is InChI=1S/C25H34OS2/c1-19(2)13-21-5-9-23(10-6-21)15-27-17-25(26)18-28-16-24-11-7-22(8-12-24)14-20(3)4/h5-12,19-20H,13-18H2,1-4H3. The average Bonchev–Trinajstić information content (AvgIpc) is 2.64. The fourth-order valence-corrected chi connectivity index (χ4v) is 4.94. The van der Waals surface area contributed by atoms with E-state index in [2.05, 4.69) is 76.2 Å². The molecule has 2 aromatic rings. The Bertz CT molecular complexity index is 641. The van der Waals surface area contributed by atoms with Crippen LogP contribution in [0.4, 0.5) is 0 Å². The molecule has 2 rings (SSSR count). The Morgan fingerprint density at radius 2 is 0.964 bits per heavy atom. The Balaban J connectivity index is 1.62. The molecule has 1 nitrogen and oxygen atoms in total. The van der Waals surface area contributed by atoms with E-state index in [0.29, 0.717) is 29.1 Å². The zero-order valence-electron chi connectivity index (χ0n) is 17.7. The molecular formula is C25H34OS2. The van der Waals surface area contributed by atoms with Crippen LogP contribution in [0.15, 0.2) is 48.5 Å². The minimum Gasteiger partial charge on any atom is -0.298 e. The average molecular weight is 415 g/mol. The highest BCUT2D eigenvalue weighted by Crippen LogP contribution is 2.18. The molecule has 0 radical (unpaired) electrons. The van der Waals surface area contributed by atoms with Crippen LogP contribution >= 0.6 is 23.5 Å². The molecule has 0 aromatic heterocycles. The minimum absolute atomic E-state index is 0.336. The van der Waals surface area contributed by atoms with Gasteiger partial charge in [0.25, 0.3) is 0 Å². The van der Waals surface area contributed by atoms with Gasteiger partial charge in [-0.05, 0) is 46.9 Å². The number of hydrogen-bond donors (Lipinski definition) is 0. The van der Waals surface area contributed by atoms with E-state index in [1.807, 2.05) is 0 Å². The number of rotatable bonds is 12. The smallest absolute Gasteiger partial charge is 0.152 e. The van der Waals surface area contributed by atoms with Crippen LogP contribution < -0.4 is 0 Å². The molecule has 152 valence electrons. The zero-order valence-corrected chi connectivity index (χ0v) is 19.4. The van der Waals surface area contributed by atoms with Gasteiger partial charge in [0.2, 0.25) is 0 Å². The first kappa shape index (κ1) is 23.1. The molecule has 0 bridgehead atoms. The summed E-state index contributed by atoms with van der Waals surface area (Å²) in [6.07, 6.45) is 2.26. The molecule has 0 saturated carbocycles. The number of benzene rings is 2. The van der Waals surface area contributed by atoms with Crippen LogP contribution in [0.1, 0.15) is 49.9 Å². The number of hydrogen-bond acceptors (Lipinski definition) is 3. The van der Waals surface area contributed by atoms with Gasteiger partial charge < -0.3 is 0 Å². The summed E-state index contributed by atoms with van der Waals surface area (Å²) in [6.45, 7) is 8.98. The molecule has 0 unspecified atom stereocenters. The maximum absolute atomic E-state index is 12.1. The van der Waals surface area contributed by atoms with E-state index in [1.165, 1.54) is 22.3 Å². The third-order valence-corrected chi connectivity index (χ3v) is 6.52. The molecule has 0 heterocycles. The summed E-state index contributed by atoms with van der Waals surface area (Å²) >= 11 is 3.45. The van der Waals surface area contributed by atoms with Crippen molar-refractivity contribution in [2.75, 3.05) is 11.5 Å². The van der Waals surface area contributed by atoms with E-state index >= 15 is 0 Å². The number of thioether (sulfide) groups is 2. The van der Waals surface area contributed by atoms with Crippen molar-refractivity contribution in [3.63, 3.8) is 0 Å². The van der Waals surface area contributed by atoms with E-state index in [4.69, 9.17) is 0 Å². The van der Waals surface area contributed by atoms with Gasteiger partial charge in [-0.3, -0.25) is 4.79 Å². The number of Topliss-reactive ketones (excluding diaryl/α,β-unsaturated/α-hetero) is 1. The molecule has 0 aliphatic carbocycles. The van der Waals surface area contributed by atoms with Gasteiger partial charge >= 0.3 is 0 Å². The van der Waals surface area contributed by atoms with E-state index < -0.39 is 0 Å². The molecule has 0 atom stereocenters. The van der Waals surface area contributed by atoms with E-state index in [1.54, 1.807) is 23.5 Å². The van der Waals surface area contributed by atoms with E-state index in [-0.39, 0.29) is 0 Å². The zero-order chi connectivity index (χ0) is 20.4. The second-order valence-corrected chi connectivity index (χ2v) is 10.3. The van der Waals surface area contributed by atoms with Crippen LogP contribution in [-0.4, -0.2) is 17.3 Å². The van der Waals surface area contributed by atoms with Gasteiger partial charge in [0.05, 0.1) is 11.5 Å². The predicted octanol–water partition coefficient (Wildman–Crippen LogP) is 6.82. The third-order valence-electron chi connectivity index (χ3n) is 4.40. The fourth-order valence-electron chi connectivity index (χ4n) is 3.09. The Morgan fingerprint density at radius 1 is 0.643 bits per heavy atom. The van der Waals surface area contributed by atoms with Crippen molar-refractivity contribution in [1.82, 2.24) is 0 Å². The van der Waals surface area contributed by atoms with Gasteiger partial charge in [-0.25, -0.2) is 0 Å². The number of carbonyl (C=O) groups is 1. The third kappa shape index (κ3) is 9.34. The van der Waals surface area contributed by atoms with Gasteiger partial charge in [0.1, 0.15) is 0 Å². The van der Waals surface area contributed by atoms with Crippen molar-refractivity contribution < 1.29 is 4.79 Å². The molecule has 0 aliphatic rings. The first-order valence-electron chi connectivity index (χ1n) is 10.2. The lowest BCUT2D eigenvalue weighted by atomic mass is 10.0. The summed E-state index contributed by atoms with van der Waals surface area (Å²) in [5.74, 6) is 4.75. The normalized spacial score (nSPS) is 11.4. The molecule has 0 aliphatic heterocycles. The topological polar surface area (TPSA) is 17.1 Å². The Kier molecular flexibility index (Phi) is 10.2. The van der Waals surface area contributed by atoms with Crippen LogP contribution in [0.25, 0.3) is 0 Å². The van der Waals surface area contributed by atoms with Crippen LogP contribution in [0.5, 0.6) is 0 Å². The van der Waals surface area contributed by atoms with Crippen molar-refractivity contribution in [2.45, 2.75) is 52.0 Å². The van der Waals surface area contributed by atoms with Crippen molar-refractivity contribution in [1.29, 1.82) is 0 Å². The second kappa shape index (κ2) is 12.4. The lowest BCUT2D eigenvalue weighted by Crippen LogP contribution is -2.05. The molecule has 0 saturated heterocycles. The summed E-state index contributed by atoms with van der Waals surface area (Å²) in [6, 6.07) is 17.7. The monoisotopic (exact) mass is 414 g/mol. The van der Waals surface area contributed by atoms with Crippen molar-refractivity contribution >= 4 is 29.3 Å². The highest BCUT2D eigenvalue weighted by molar-refractivity contribution is 8.00. The molecule has 0 fully saturated rings. The second-order valence-electron chi connectivity index (χ2n) is 8.35. The first-order chi connectivity index (χ1) is 13.4. The van der Waals surface area contributed by atoms with E-state index in [9.17, 15) is 4.79 Å². The molecule has 2 aromatic carbocycles. The van der Waals surface area contributed by atoms with Gasteiger partial charge in [-0.2, -0.15) is 0 Å². The maximum atomic E-state index is 12.1. The number of carbonyl (C=O) groups excluding carboxylic acids is 1. The molecule has 3 heteroatoms. The van der Waals surface area contributed by atoms with Crippen molar-refractivity contribution in [3.05, 3.63) is 70.8 Å². The molecule has 0 N–H and O–H groups in total. The number of ketones is 1. The molecule has 0 spiro atoms. The van der Waals surface area contributed by atoms with E-state index in [0.717, 1.165) is 24.3 Å². The van der Waals surface area contributed by atoms with Crippen molar-refractivity contribution in [3.8, 4) is 0 Å². The van der Waals surface area contributed by atoms with Crippen LogP contribution in [0.2, 0.25) is 0 Å². The van der Waals surface area contributed by atoms with Gasteiger partial charge in [-0.1, -0.05) is 76.2 Å². The summed E-state index contributed by atoms with van der Waals surface area (Å²) in [4.78, 5) is 12.1. The van der Waals surface area contributed by atoms with Gasteiger partial charge in [0.15, 0.2) is 5.78 Å². The summed E-state index contributed by atoms with van der Waals surface area (Å²) in [5.41, 5.74) is 5.40. The van der Waals surface area contributed by atoms with Crippen LogP contribution in [0, 0.1) is 11.8 Å². The lowest BCUT2D eigenvalue weighted by Gasteiger charge is -2.07. The Hall–Kier alpha value is -1.19. The van der Waals surface area contributed by atoms with Crippen LogP contribution in [0.3, 0.4) is 0 Å². The Labute approximate surface area is 180 Å². The largest absolute Gasteiger partial charge is 0.298 e. The molecular weight excluding hydrogens is 380 g/mol. The molecule has 0 amide bonds. The quantitative estimate of drug-likeness (QED) is 0.379. The van der Waals surface area contributed by atoms with Gasteiger partial charge in [0, 0.05) is 11.5 Å². The van der Waals surface area contributed by atoms with Gasteiger partial charge in [-0.15, -0.1) is 23.5 Å². The summed E-state index contributed by atoms with van der Waals surface area (Å²) < 4.78 is 0. The predicted molar refractivity (Wildman–Crippen MR) is 127 cm³/mol. The summed E-state index contributed by atoms with van der Waals surface area (Å²) in [7, 11) is 0. The fraction of sp³-hybridized carbons (Fsp3) is 0.480. The minimum atomic E-state index is 0.336. The van der Waals surface area contributed by atoms with Crippen molar-refractivity contribution in [2.24, 2.45) is 11.8 Å². The lowest BCUT2D eigenvalue weighted by molar-refractivity contribution is -0.114. The first-order valence-corrected chi connectivity index (χ1v) is 12.6.